The van der Waals surface area contributed by atoms with E-state index in [-0.39, 0.29) is 38.6 Å². The Morgan fingerprint density at radius 3 is 0.943 bits per heavy atom. The Kier molecular flexibility index (Phi) is 11.4. The van der Waals surface area contributed by atoms with Crippen molar-refractivity contribution in [1.82, 2.24) is 19.3 Å². The molecule has 1 fully saturated rings. The molecule has 4 nitrogen and oxygen atoms in total. The van der Waals surface area contributed by atoms with Gasteiger partial charge in [-0.3, -0.25) is 0 Å². The van der Waals surface area contributed by atoms with Crippen LogP contribution in [0, 0.1) is 0 Å². The van der Waals surface area contributed by atoms with E-state index in [0.717, 1.165) is 0 Å². The zero-order chi connectivity index (χ0) is 26.6. The summed E-state index contributed by atoms with van der Waals surface area (Å²) in [5, 5.41) is 6.76. The fourth-order valence-corrected chi connectivity index (χ4v) is 12.1. The summed E-state index contributed by atoms with van der Waals surface area (Å²) in [6.07, 6.45) is -0.579. The first-order valence-corrected chi connectivity index (χ1v) is 16.1. The van der Waals surface area contributed by atoms with Crippen LogP contribution in [0.25, 0.3) is 0 Å². The number of hydrogen-bond acceptors (Lipinski definition) is 4. The molecule has 1 aliphatic rings. The van der Waals surface area contributed by atoms with E-state index in [4.69, 9.17) is 0 Å². The van der Waals surface area contributed by atoms with Crippen LogP contribution in [0.4, 0.5) is 52.7 Å². The molecule has 1 aliphatic heterocycles. The van der Waals surface area contributed by atoms with Gasteiger partial charge in [-0.1, -0.05) is 0 Å². The monoisotopic (exact) mass is 602 g/mol. The van der Waals surface area contributed by atoms with Crippen LogP contribution in [0.5, 0.6) is 0 Å². The van der Waals surface area contributed by atoms with Crippen molar-refractivity contribution in [2.75, 3.05) is 52.4 Å². The van der Waals surface area contributed by atoms with E-state index in [0.29, 0.717) is 25.9 Å². The van der Waals surface area contributed by atoms with E-state index in [1.807, 2.05) is 0 Å². The number of alkyl halides is 12. The quantitative estimate of drug-likeness (QED) is 0.281. The third-order valence-electron chi connectivity index (χ3n) is 7.27. The van der Waals surface area contributed by atoms with Gasteiger partial charge in [0.2, 0.25) is 0 Å². The number of nitrogens with zero attached hydrogens (tertiary/aromatic N) is 1. The molecule has 0 bridgehead atoms. The third-order valence-corrected chi connectivity index (χ3v) is 21.4. The normalized spacial score (nSPS) is 22.5. The number of nitrogens with one attached hydrogen (secondary N) is 3. The Morgan fingerprint density at radius 2 is 0.714 bits per heavy atom. The summed E-state index contributed by atoms with van der Waals surface area (Å²) >= 11 is -12.4. The first-order valence-electron chi connectivity index (χ1n) is 10.7. The molecule has 0 aromatic carbocycles. The predicted molar refractivity (Wildman–Crippen MR) is 106 cm³/mol. The van der Waals surface area contributed by atoms with Crippen LogP contribution in [-0.4, -0.2) is 73.7 Å². The van der Waals surface area contributed by atoms with Gasteiger partial charge >= 0.3 is 187 Å². The van der Waals surface area contributed by atoms with Gasteiger partial charge in [-0.2, -0.15) is 0 Å². The molecule has 0 amide bonds. The Morgan fingerprint density at radius 1 is 0.486 bits per heavy atom. The summed E-state index contributed by atoms with van der Waals surface area (Å²) in [4.78, 5) is 0. The molecule has 214 valence electrons. The molecule has 0 radical (unpaired) electrons. The zero-order valence-electron chi connectivity index (χ0n) is 18.9. The van der Waals surface area contributed by atoms with E-state index in [9.17, 15) is 52.7 Å². The summed E-state index contributed by atoms with van der Waals surface area (Å²) in [5.74, 6) is 0. The van der Waals surface area contributed by atoms with E-state index in [1.165, 1.54) is 0 Å². The first kappa shape index (κ1) is 35.0. The van der Waals surface area contributed by atoms with Crippen molar-refractivity contribution in [2.24, 2.45) is 0 Å². The van der Waals surface area contributed by atoms with Crippen LogP contribution in [-0.2, 0) is 14.3 Å². The SMILES string of the molecule is Cl.[CH3][Ti]([N]1CCCNCCCNCCCNCCC1)([C](F)(F)F)([C](F)(F)F)([C](F)(F)F)[C](F)(F)F. The standard InChI is InChI=1S/C12H27N4.4CF3.CH3.ClH.Ti/c1-5-13-7-2-9-15-11-4-12-16-10-3-8-14-6-1;4*2-1(3)4;;;/h13-15H,1-12H2;;;;;1H3;1H;/q-1;;;;;;;+1. The molecule has 0 saturated carbocycles. The average molecular weight is 603 g/mol. The van der Waals surface area contributed by atoms with Crippen LogP contribution in [0.3, 0.4) is 0 Å². The minimum atomic E-state index is -12.4. The van der Waals surface area contributed by atoms with Crippen molar-refractivity contribution in [3.05, 3.63) is 0 Å². The Labute approximate surface area is 200 Å². The van der Waals surface area contributed by atoms with Crippen molar-refractivity contribution in [2.45, 2.75) is 48.8 Å². The van der Waals surface area contributed by atoms with Gasteiger partial charge in [0, 0.05) is 0 Å². The summed E-state index contributed by atoms with van der Waals surface area (Å²) in [5.41, 5.74) is 0. The van der Waals surface area contributed by atoms with E-state index < -0.39 is 66.7 Å². The number of halogens is 13. The molecule has 0 aromatic rings. The maximum atomic E-state index is 14.3. The molecule has 0 aromatic heterocycles. The molecule has 35 heavy (non-hydrogen) atoms. The van der Waals surface area contributed by atoms with Gasteiger partial charge in [0.15, 0.2) is 0 Å². The van der Waals surface area contributed by atoms with Crippen molar-refractivity contribution in [3.63, 3.8) is 0 Å². The molecular weight excluding hydrogens is 572 g/mol. The zero-order valence-corrected chi connectivity index (χ0v) is 21.3. The molecular formula is C17H31ClF12N4Ti. The molecule has 0 atom stereocenters. The van der Waals surface area contributed by atoms with Crippen molar-refractivity contribution < 1.29 is 67.0 Å². The molecule has 1 rings (SSSR count). The molecule has 3 N–H and O–H groups in total. The molecule has 18 heteroatoms. The van der Waals surface area contributed by atoms with Crippen molar-refractivity contribution in [3.8, 4) is 0 Å². The average Bonchev–Trinajstić information content (AvgIpc) is 2.63. The van der Waals surface area contributed by atoms with Crippen LogP contribution >= 0.6 is 12.4 Å². The van der Waals surface area contributed by atoms with Gasteiger partial charge in [0.1, 0.15) is 0 Å². The third kappa shape index (κ3) is 4.50. The molecule has 0 aliphatic carbocycles. The minimum absolute atomic E-state index is 0. The summed E-state index contributed by atoms with van der Waals surface area (Å²) in [7, 11) is 0. The van der Waals surface area contributed by atoms with E-state index in [1.54, 1.807) is 0 Å². The topological polar surface area (TPSA) is 39.3 Å². The Hall–Kier alpha value is 0.00429. The van der Waals surface area contributed by atoms with Gasteiger partial charge < -0.3 is 0 Å². The van der Waals surface area contributed by atoms with Gasteiger partial charge in [-0.15, -0.1) is 12.4 Å². The predicted octanol–water partition coefficient (Wildman–Crippen LogP) is 5.32. The second-order valence-corrected chi connectivity index (χ2v) is 21.2. The molecule has 1 heterocycles. The van der Waals surface area contributed by atoms with Crippen molar-refractivity contribution >= 4 is 12.4 Å². The Balaban J connectivity index is 0.0000116. The van der Waals surface area contributed by atoms with Gasteiger partial charge in [-0.25, -0.2) is 0 Å². The summed E-state index contributed by atoms with van der Waals surface area (Å²) in [6, 6.07) is 0. The van der Waals surface area contributed by atoms with E-state index >= 15 is 0 Å². The fourth-order valence-electron chi connectivity index (χ4n) is 4.31. The maximum absolute atomic E-state index is 14.3. The number of hydrogen-bond donors (Lipinski definition) is 3. The summed E-state index contributed by atoms with van der Waals surface area (Å²) in [6.45, 7) is -2.59. The molecule has 1 saturated heterocycles. The van der Waals surface area contributed by atoms with Gasteiger partial charge in [0.25, 0.3) is 0 Å². The summed E-state index contributed by atoms with van der Waals surface area (Å²) < 4.78 is 140. The second-order valence-electron chi connectivity index (χ2n) is 9.06. The molecule has 0 spiro atoms. The molecule has 0 unspecified atom stereocenters. The van der Waals surface area contributed by atoms with Crippen LogP contribution in [0.15, 0.2) is 0 Å². The van der Waals surface area contributed by atoms with Gasteiger partial charge in [-0.05, 0) is 0 Å². The van der Waals surface area contributed by atoms with Gasteiger partial charge in [0.05, 0.1) is 0 Å². The number of rotatable bonds is 1. The second kappa shape index (κ2) is 11.4. The first-order chi connectivity index (χ1) is 15.3. The van der Waals surface area contributed by atoms with Crippen LogP contribution in [0.1, 0.15) is 25.7 Å². The fraction of sp³-hybridized carbons (Fsp3) is 1.00. The van der Waals surface area contributed by atoms with Crippen LogP contribution < -0.4 is 16.0 Å². The van der Waals surface area contributed by atoms with Crippen molar-refractivity contribution in [1.29, 1.82) is 0 Å². The van der Waals surface area contributed by atoms with Crippen LogP contribution in [0.2, 0.25) is 5.23 Å². The Bertz CT molecular complexity index is 590. The van der Waals surface area contributed by atoms with E-state index in [2.05, 4.69) is 16.0 Å².